The van der Waals surface area contributed by atoms with E-state index in [1.807, 2.05) is 0 Å². The lowest BCUT2D eigenvalue weighted by Crippen LogP contribution is -2.45. The number of hydrogen-bond acceptors (Lipinski definition) is 3. The van der Waals surface area contributed by atoms with Gasteiger partial charge >= 0.3 is 0 Å². The van der Waals surface area contributed by atoms with E-state index >= 15 is 0 Å². The molecule has 0 radical (unpaired) electrons. The molecule has 0 aliphatic carbocycles. The minimum absolute atomic E-state index is 0.0271. The lowest BCUT2D eigenvalue weighted by molar-refractivity contribution is -0.123. The summed E-state index contributed by atoms with van der Waals surface area (Å²) in [4.78, 5) is 12.5. The highest BCUT2D eigenvalue weighted by atomic mass is 16.3. The van der Waals surface area contributed by atoms with Crippen molar-refractivity contribution in [3.63, 3.8) is 0 Å². The molecule has 0 aliphatic rings. The Balaban J connectivity index is 3.43. The van der Waals surface area contributed by atoms with E-state index in [2.05, 4.69) is 67.8 Å². The molecular weight excluding hydrogens is 771 g/mol. The minimum Gasteiger partial charge on any atom is -0.394 e. The number of amides is 1. The van der Waals surface area contributed by atoms with E-state index in [-0.39, 0.29) is 12.5 Å². The van der Waals surface area contributed by atoms with Crippen molar-refractivity contribution in [3.8, 4) is 0 Å². The molecule has 2 atom stereocenters. The van der Waals surface area contributed by atoms with Gasteiger partial charge < -0.3 is 15.5 Å². The molecule has 0 fully saturated rings. The second-order valence-corrected chi connectivity index (χ2v) is 19.3. The Morgan fingerprint density at radius 2 is 0.698 bits per heavy atom. The van der Waals surface area contributed by atoms with Crippen molar-refractivity contribution in [1.29, 1.82) is 0 Å². The average molecular weight is 883 g/mol. The van der Waals surface area contributed by atoms with Gasteiger partial charge in [0.1, 0.15) is 0 Å². The van der Waals surface area contributed by atoms with Crippen molar-refractivity contribution in [2.75, 3.05) is 6.61 Å². The summed E-state index contributed by atoms with van der Waals surface area (Å²) in [6.45, 7) is 4.27. The number of rotatable bonds is 52. The first kappa shape index (κ1) is 61.4. The molecule has 0 aromatic carbocycles. The van der Waals surface area contributed by atoms with Gasteiger partial charge in [-0.2, -0.15) is 0 Å². The van der Waals surface area contributed by atoms with Crippen molar-refractivity contribution in [2.45, 2.75) is 315 Å². The molecule has 0 bridgehead atoms. The molecule has 0 spiro atoms. The normalized spacial score (nSPS) is 13.1. The third-order valence-electron chi connectivity index (χ3n) is 13.1. The molecule has 0 saturated carbocycles. The fourth-order valence-electron chi connectivity index (χ4n) is 8.83. The zero-order valence-corrected chi connectivity index (χ0v) is 42.6. The van der Waals surface area contributed by atoms with Crippen molar-refractivity contribution in [2.24, 2.45) is 0 Å². The molecule has 63 heavy (non-hydrogen) atoms. The van der Waals surface area contributed by atoms with E-state index in [0.29, 0.717) is 12.8 Å². The maximum atomic E-state index is 12.5. The number of aliphatic hydroxyl groups is 2. The third kappa shape index (κ3) is 51.2. The van der Waals surface area contributed by atoms with Crippen LogP contribution in [0.15, 0.2) is 48.6 Å². The Labute approximate surface area is 394 Å². The molecule has 4 nitrogen and oxygen atoms in total. The molecule has 0 rings (SSSR count). The lowest BCUT2D eigenvalue weighted by atomic mass is 10.0. The maximum absolute atomic E-state index is 12.5. The van der Waals surface area contributed by atoms with Crippen LogP contribution in [0.25, 0.3) is 0 Å². The molecule has 2 unspecified atom stereocenters. The number of unbranched alkanes of at least 4 members (excludes halogenated alkanes) is 37. The Hall–Kier alpha value is -1.65. The summed E-state index contributed by atoms with van der Waals surface area (Å²) in [5.41, 5.74) is 0. The molecule has 0 heterocycles. The fraction of sp³-hybridized carbons (Fsp3) is 0.847. The van der Waals surface area contributed by atoms with Gasteiger partial charge in [-0.1, -0.05) is 294 Å². The summed E-state index contributed by atoms with van der Waals surface area (Å²) in [5, 5.41) is 23.3. The number of aliphatic hydroxyl groups excluding tert-OH is 2. The Morgan fingerprint density at radius 1 is 0.397 bits per heavy atom. The molecule has 370 valence electrons. The van der Waals surface area contributed by atoms with Crippen molar-refractivity contribution >= 4 is 5.91 Å². The zero-order valence-electron chi connectivity index (χ0n) is 42.6. The second kappa shape index (κ2) is 54.7. The van der Waals surface area contributed by atoms with E-state index in [4.69, 9.17) is 0 Å². The maximum Gasteiger partial charge on any atom is 0.220 e. The number of carbonyl (C=O) groups is 1. The molecule has 0 saturated heterocycles. The first-order valence-corrected chi connectivity index (χ1v) is 28.3. The molecule has 0 aromatic rings. The van der Waals surface area contributed by atoms with Gasteiger partial charge in [0.05, 0.1) is 18.8 Å². The summed E-state index contributed by atoms with van der Waals surface area (Å²) in [6.07, 6.45) is 75.3. The van der Waals surface area contributed by atoms with Gasteiger partial charge in [0, 0.05) is 6.42 Å². The highest BCUT2D eigenvalue weighted by Crippen LogP contribution is 2.18. The third-order valence-corrected chi connectivity index (χ3v) is 13.1. The van der Waals surface area contributed by atoms with Gasteiger partial charge in [-0.3, -0.25) is 4.79 Å². The standard InChI is InChI=1S/C59H111NO3/c1-3-5-7-9-11-13-15-17-19-21-23-25-26-27-28-29-30-31-32-33-34-35-37-39-41-43-45-47-49-51-53-55-59(63)60-57(56-61)58(62)54-52-50-48-46-44-42-40-38-36-24-22-20-18-16-14-12-10-8-6-4-2/h5,7,11,13,17,19,23,25,57-58,61-62H,3-4,6,8-10,12,14-16,18,20-22,24,26-56H2,1-2H3,(H,60,63)/b7-5-,13-11-,19-17-,25-23-. The van der Waals surface area contributed by atoms with E-state index in [1.54, 1.807) is 0 Å². The predicted molar refractivity (Wildman–Crippen MR) is 281 cm³/mol. The topological polar surface area (TPSA) is 69.6 Å². The van der Waals surface area contributed by atoms with Gasteiger partial charge in [-0.25, -0.2) is 0 Å². The van der Waals surface area contributed by atoms with Crippen LogP contribution in [0.1, 0.15) is 303 Å². The molecule has 4 heteroatoms. The highest BCUT2D eigenvalue weighted by Gasteiger charge is 2.20. The van der Waals surface area contributed by atoms with Crippen LogP contribution in [-0.2, 0) is 4.79 Å². The van der Waals surface area contributed by atoms with Crippen LogP contribution in [0.5, 0.6) is 0 Å². The number of allylic oxidation sites excluding steroid dienone is 8. The van der Waals surface area contributed by atoms with Crippen molar-refractivity contribution in [3.05, 3.63) is 48.6 Å². The van der Waals surface area contributed by atoms with Crippen LogP contribution in [0.4, 0.5) is 0 Å². The van der Waals surface area contributed by atoms with Crippen LogP contribution in [0.2, 0.25) is 0 Å². The first-order chi connectivity index (χ1) is 31.2. The zero-order chi connectivity index (χ0) is 45.6. The van der Waals surface area contributed by atoms with Crippen LogP contribution < -0.4 is 5.32 Å². The van der Waals surface area contributed by atoms with Crippen LogP contribution in [0.3, 0.4) is 0 Å². The summed E-state index contributed by atoms with van der Waals surface area (Å²) in [7, 11) is 0. The van der Waals surface area contributed by atoms with Gasteiger partial charge in [0.15, 0.2) is 0 Å². The monoisotopic (exact) mass is 882 g/mol. The summed E-state index contributed by atoms with van der Waals surface area (Å²) >= 11 is 0. The summed E-state index contributed by atoms with van der Waals surface area (Å²) in [6, 6.07) is -0.536. The quantitative estimate of drug-likeness (QED) is 0.0421. The highest BCUT2D eigenvalue weighted by molar-refractivity contribution is 5.76. The predicted octanol–water partition coefficient (Wildman–Crippen LogP) is 18.6. The van der Waals surface area contributed by atoms with Crippen molar-refractivity contribution in [1.82, 2.24) is 5.32 Å². The first-order valence-electron chi connectivity index (χ1n) is 28.3. The minimum atomic E-state index is -0.659. The van der Waals surface area contributed by atoms with Crippen LogP contribution in [0, 0.1) is 0 Å². The van der Waals surface area contributed by atoms with Gasteiger partial charge in [0.2, 0.25) is 5.91 Å². The molecular formula is C59H111NO3. The largest absolute Gasteiger partial charge is 0.394 e. The molecule has 0 aromatic heterocycles. The molecule has 1 amide bonds. The van der Waals surface area contributed by atoms with E-state index in [9.17, 15) is 15.0 Å². The van der Waals surface area contributed by atoms with Gasteiger partial charge in [-0.15, -0.1) is 0 Å². The SMILES string of the molecule is CC/C=C\C/C=C\C/C=C\C/C=C\CCCCCCCCCCCCCCCCCCCCC(=O)NC(CO)C(O)CCCCCCCCCCCCCCCCCCCCCC. The van der Waals surface area contributed by atoms with Gasteiger partial charge in [-0.05, 0) is 51.4 Å². The van der Waals surface area contributed by atoms with E-state index in [0.717, 1.165) is 51.4 Å². The fourth-order valence-corrected chi connectivity index (χ4v) is 8.83. The smallest absolute Gasteiger partial charge is 0.220 e. The van der Waals surface area contributed by atoms with Crippen molar-refractivity contribution < 1.29 is 15.0 Å². The molecule has 3 N–H and O–H groups in total. The number of hydrogen-bond donors (Lipinski definition) is 3. The van der Waals surface area contributed by atoms with E-state index < -0.39 is 12.1 Å². The van der Waals surface area contributed by atoms with Gasteiger partial charge in [0.25, 0.3) is 0 Å². The second-order valence-electron chi connectivity index (χ2n) is 19.3. The lowest BCUT2D eigenvalue weighted by Gasteiger charge is -2.22. The Kier molecular flexibility index (Phi) is 53.3. The number of nitrogens with one attached hydrogen (secondary N) is 1. The van der Waals surface area contributed by atoms with E-state index in [1.165, 1.54) is 225 Å². The Bertz CT molecular complexity index is 1000. The Morgan fingerprint density at radius 3 is 1.05 bits per heavy atom. The number of carbonyl (C=O) groups excluding carboxylic acids is 1. The van der Waals surface area contributed by atoms with Crippen LogP contribution in [-0.4, -0.2) is 34.9 Å². The average Bonchev–Trinajstić information content (AvgIpc) is 3.29. The molecule has 0 aliphatic heterocycles. The summed E-state index contributed by atoms with van der Waals surface area (Å²) in [5.74, 6) is -0.0271. The van der Waals surface area contributed by atoms with Crippen LogP contribution >= 0.6 is 0 Å². The summed E-state index contributed by atoms with van der Waals surface area (Å²) < 4.78 is 0.